The van der Waals surface area contributed by atoms with Crippen molar-refractivity contribution in [1.82, 2.24) is 18.7 Å². The third kappa shape index (κ3) is 5.25. The van der Waals surface area contributed by atoms with Crippen molar-refractivity contribution in [1.29, 1.82) is 0 Å². The molecule has 0 aliphatic rings. The maximum absolute atomic E-state index is 10.7. The summed E-state index contributed by atoms with van der Waals surface area (Å²) >= 11 is 0. The van der Waals surface area contributed by atoms with Gasteiger partial charge in [-0.05, 0) is 87.4 Å². The van der Waals surface area contributed by atoms with Gasteiger partial charge >= 0.3 is 0 Å². The molecule has 9 aromatic carbocycles. The largest absolute Gasteiger partial charge is 0.309 e. The molecule has 5 heteroatoms. The molecule has 13 aromatic rings. The van der Waals surface area contributed by atoms with Crippen LogP contribution in [-0.4, -0.2) is 26.8 Å². The lowest BCUT2D eigenvalue weighted by Gasteiger charge is -2.34. The van der Waals surface area contributed by atoms with E-state index in [1.54, 1.807) is 30.5 Å². The van der Waals surface area contributed by atoms with Crippen LogP contribution >= 0.6 is 0 Å². The molecule has 0 atom stereocenters. The van der Waals surface area contributed by atoms with Crippen LogP contribution in [0.4, 0.5) is 0 Å². The Bertz CT molecular complexity index is 4750. The van der Waals surface area contributed by atoms with E-state index in [1.807, 2.05) is 79.0 Å². The fraction of sp³-hybridized carbons (Fsp3) is 0. The molecule has 0 saturated carbocycles. The second-order valence-electron chi connectivity index (χ2n) is 15.3. The predicted molar refractivity (Wildman–Crippen MR) is 271 cm³/mol. The number of hydrogen-bond donors (Lipinski definition) is 0. The van der Waals surface area contributed by atoms with Crippen molar-refractivity contribution in [3.63, 3.8) is 0 Å². The van der Waals surface area contributed by atoms with Gasteiger partial charge in [-0.1, -0.05) is 163 Å². The smallest absolute Gasteiger partial charge is 0.179 e. The molecule has 64 heavy (non-hydrogen) atoms. The topological polar surface area (TPSA) is 27.7 Å². The lowest BCUT2D eigenvalue weighted by atomic mass is 10.1. The van der Waals surface area contributed by atoms with E-state index in [4.69, 9.17) is 12.3 Å². The minimum absolute atomic E-state index is 0.347. The molecule has 0 saturated heterocycles. The lowest BCUT2D eigenvalue weighted by Crippen LogP contribution is -2.74. The standard InChI is InChI=1S/C59H40N4Si/c1-5-18-41(19-6-1)63-55-34-32-43(61-53-30-15-13-28-48(53)52-40-60-37-36-56(52)61)39-51(55)49-33-35-57-58(59(49)63)50-29-14-16-31-54(50)62(57)42-20-17-27-47(38-42)64(44-21-7-2-8-22-44,45-23-9-3-10-24-45)46-25-11-4-12-26-46/h1-40H/i2D,3D,4D,7D,8D,9D,10D,11D,12D,17D,20D,21D,22D,23D,24D,25D,26D,27D,38D. The maximum atomic E-state index is 10.7. The number of rotatable bonds is 7. The minimum atomic E-state index is -6.12. The van der Waals surface area contributed by atoms with Crippen molar-refractivity contribution in [2.24, 2.45) is 0 Å². The molecule has 300 valence electrons. The first-order valence-electron chi connectivity index (χ1n) is 29.9. The summed E-state index contributed by atoms with van der Waals surface area (Å²) in [6.45, 7) is 0. The van der Waals surface area contributed by atoms with Crippen LogP contribution in [0.1, 0.15) is 26.0 Å². The van der Waals surface area contributed by atoms with Crippen molar-refractivity contribution in [3.8, 4) is 17.1 Å². The molecule has 0 aliphatic heterocycles. The number of para-hydroxylation sites is 3. The lowest BCUT2D eigenvalue weighted by molar-refractivity contribution is 1.16. The van der Waals surface area contributed by atoms with Crippen LogP contribution in [0.25, 0.3) is 82.5 Å². The Morgan fingerprint density at radius 3 is 1.64 bits per heavy atom. The van der Waals surface area contributed by atoms with E-state index in [0.717, 1.165) is 49.5 Å². The third-order valence-corrected chi connectivity index (χ3v) is 16.1. The molecule has 0 bridgehead atoms. The summed E-state index contributed by atoms with van der Waals surface area (Å²) in [7, 11) is -6.12. The average Bonchev–Trinajstić information content (AvgIpc) is 1.13. The van der Waals surface area contributed by atoms with Gasteiger partial charge in [0, 0.05) is 61.8 Å². The number of aromatic nitrogens is 4. The molecular weight excluding hydrogens is 793 g/mol. The van der Waals surface area contributed by atoms with Crippen molar-refractivity contribution in [2.45, 2.75) is 0 Å². The van der Waals surface area contributed by atoms with E-state index >= 15 is 0 Å². The zero-order valence-corrected chi connectivity index (χ0v) is 34.4. The van der Waals surface area contributed by atoms with Gasteiger partial charge in [0.25, 0.3) is 0 Å². The first-order valence-corrected chi connectivity index (χ1v) is 22.4. The Morgan fingerprint density at radius 1 is 0.375 bits per heavy atom. The highest BCUT2D eigenvalue weighted by Gasteiger charge is 2.41. The SMILES string of the molecule is [2H]c1c([2H])c([2H])c([Si](c2c([2H])c([2H])c([2H])c([2H])c2[2H])(c2c([2H])c([2H])c([2H])c([2H])c2[2H])c2c([2H])c([2H])c([2H])c(-n3c4ccccc4c4c3ccc3c5cc(-n6c7ccccc7c7cnccc76)ccc5n(-c5ccccc5)c34)c2[2H])c([2H])c1[2H]. The van der Waals surface area contributed by atoms with Gasteiger partial charge in [-0.3, -0.25) is 4.98 Å². The molecule has 4 nitrogen and oxygen atoms in total. The Balaban J connectivity index is 1.23. The quantitative estimate of drug-likeness (QED) is 0.116. The maximum Gasteiger partial charge on any atom is 0.179 e. The molecule has 0 fully saturated rings. The first-order chi connectivity index (χ1) is 39.7. The van der Waals surface area contributed by atoms with Crippen LogP contribution in [-0.2, 0) is 0 Å². The normalized spacial score (nSPS) is 16.2. The van der Waals surface area contributed by atoms with E-state index < -0.39 is 149 Å². The Morgan fingerprint density at radius 2 is 0.938 bits per heavy atom. The molecule has 0 aliphatic carbocycles. The second kappa shape index (κ2) is 14.4. The molecule has 0 radical (unpaired) electrons. The van der Waals surface area contributed by atoms with E-state index in [2.05, 4.69) is 32.3 Å². The monoisotopic (exact) mass is 851 g/mol. The van der Waals surface area contributed by atoms with E-state index in [1.165, 1.54) is 4.57 Å². The Hall–Kier alpha value is -8.25. The number of nitrogens with zero attached hydrogens (tertiary/aromatic N) is 4. The number of pyridine rings is 1. The highest BCUT2D eigenvalue weighted by molar-refractivity contribution is 7.19. The van der Waals surface area contributed by atoms with Crippen LogP contribution in [0.5, 0.6) is 0 Å². The fourth-order valence-electron chi connectivity index (χ4n) is 9.56. The molecular formula is C59H40N4Si. The fourth-order valence-corrected chi connectivity index (χ4v) is 13.1. The van der Waals surface area contributed by atoms with Gasteiger partial charge in [0.1, 0.15) is 0 Å². The molecule has 4 aromatic heterocycles. The van der Waals surface area contributed by atoms with Crippen molar-refractivity contribution >= 4 is 94.2 Å². The average molecular weight is 852 g/mol. The van der Waals surface area contributed by atoms with Crippen LogP contribution in [0.3, 0.4) is 0 Å². The molecule has 13 rings (SSSR count). The minimum Gasteiger partial charge on any atom is -0.309 e. The molecule has 0 spiro atoms. The second-order valence-corrected chi connectivity index (χ2v) is 18.8. The van der Waals surface area contributed by atoms with Gasteiger partial charge in [-0.25, -0.2) is 0 Å². The zero-order valence-electron chi connectivity index (χ0n) is 52.4. The Kier molecular flexibility index (Phi) is 5.00. The van der Waals surface area contributed by atoms with Crippen molar-refractivity contribution < 1.29 is 26.0 Å². The number of benzene rings is 9. The van der Waals surface area contributed by atoms with Crippen LogP contribution in [0.15, 0.2) is 242 Å². The summed E-state index contributed by atoms with van der Waals surface area (Å²) < 4.78 is 184. The van der Waals surface area contributed by atoms with Gasteiger partial charge in [0.15, 0.2) is 8.07 Å². The summed E-state index contributed by atoms with van der Waals surface area (Å²) in [5.74, 6) is 0. The van der Waals surface area contributed by atoms with Crippen LogP contribution in [0, 0.1) is 0 Å². The molecule has 4 heterocycles. The summed E-state index contributed by atoms with van der Waals surface area (Å²) in [6.07, 6.45) is 3.60. The van der Waals surface area contributed by atoms with Gasteiger partial charge < -0.3 is 13.7 Å². The zero-order chi connectivity index (χ0) is 58.7. The van der Waals surface area contributed by atoms with Gasteiger partial charge in [-0.15, -0.1) is 0 Å². The third-order valence-electron chi connectivity index (χ3n) is 12.1. The van der Waals surface area contributed by atoms with E-state index in [0.29, 0.717) is 27.3 Å². The molecule has 0 amide bonds. The van der Waals surface area contributed by atoms with Gasteiger partial charge in [0.2, 0.25) is 0 Å². The van der Waals surface area contributed by atoms with E-state index in [-0.39, 0.29) is 0 Å². The predicted octanol–water partition coefficient (Wildman–Crippen LogP) is 11.8. The van der Waals surface area contributed by atoms with Crippen LogP contribution < -0.4 is 20.7 Å². The highest BCUT2D eigenvalue weighted by Crippen LogP contribution is 2.43. The number of fused-ring (bicyclic) bond motifs is 10. The van der Waals surface area contributed by atoms with Crippen molar-refractivity contribution in [2.75, 3.05) is 0 Å². The summed E-state index contributed by atoms with van der Waals surface area (Å²) in [4.78, 5) is 4.44. The molecule has 0 unspecified atom stereocenters. The first kappa shape index (κ1) is 22.2. The Labute approximate surface area is 397 Å². The number of hydrogen-bond acceptors (Lipinski definition) is 1. The summed E-state index contributed by atoms with van der Waals surface area (Å²) in [5.41, 5.74) is 5.29. The van der Waals surface area contributed by atoms with Gasteiger partial charge in [0.05, 0.1) is 59.1 Å². The molecule has 0 N–H and O–H groups in total. The summed E-state index contributed by atoms with van der Waals surface area (Å²) in [5, 5.41) is 1.21. The highest BCUT2D eigenvalue weighted by atomic mass is 28.3. The van der Waals surface area contributed by atoms with Crippen molar-refractivity contribution in [3.05, 3.63) is 242 Å². The van der Waals surface area contributed by atoms with Gasteiger partial charge in [-0.2, -0.15) is 0 Å². The van der Waals surface area contributed by atoms with Crippen LogP contribution in [0.2, 0.25) is 0 Å². The summed E-state index contributed by atoms with van der Waals surface area (Å²) in [6, 6.07) is 17.5. The van der Waals surface area contributed by atoms with E-state index in [9.17, 15) is 13.7 Å².